The fourth-order valence-electron chi connectivity index (χ4n) is 2.89. The minimum atomic E-state index is -3.74. The Kier molecular flexibility index (Phi) is 6.64. The summed E-state index contributed by atoms with van der Waals surface area (Å²) in [5, 5.41) is 2.95. The Morgan fingerprint density at radius 2 is 1.70 bits per heavy atom. The van der Waals surface area contributed by atoms with E-state index in [2.05, 4.69) is 5.32 Å². The monoisotopic (exact) mass is 444 g/mol. The number of halogens is 1. The second-order valence-corrected chi connectivity index (χ2v) is 8.82. The molecule has 0 aliphatic rings. The van der Waals surface area contributed by atoms with Gasteiger partial charge >= 0.3 is 0 Å². The molecule has 8 heteroatoms. The summed E-state index contributed by atoms with van der Waals surface area (Å²) in [5.41, 5.74) is 1.43. The number of carbonyl (C=O) groups excluding carboxylic acids is 1. The Bertz CT molecular complexity index is 1150. The lowest BCUT2D eigenvalue weighted by atomic mass is 10.1. The maximum Gasteiger partial charge on any atom is 0.264 e. The van der Waals surface area contributed by atoms with Crippen molar-refractivity contribution in [3.63, 3.8) is 0 Å². The Balaban J connectivity index is 1.77. The van der Waals surface area contributed by atoms with Crippen LogP contribution in [0.2, 0.25) is 5.02 Å². The van der Waals surface area contributed by atoms with Gasteiger partial charge in [-0.05, 0) is 36.4 Å². The first-order chi connectivity index (χ1) is 14.3. The van der Waals surface area contributed by atoms with Gasteiger partial charge in [0.15, 0.2) is 0 Å². The third kappa shape index (κ3) is 4.58. The molecule has 0 aromatic heterocycles. The van der Waals surface area contributed by atoms with E-state index in [9.17, 15) is 13.2 Å². The molecular formula is C22H21ClN2O4S. The minimum absolute atomic E-state index is 0.153. The lowest BCUT2D eigenvalue weighted by molar-refractivity contribution is 0.0951. The molecule has 0 atom stereocenters. The van der Waals surface area contributed by atoms with E-state index >= 15 is 0 Å². The van der Waals surface area contributed by atoms with Crippen molar-refractivity contribution < 1.29 is 17.9 Å². The maximum atomic E-state index is 12.8. The van der Waals surface area contributed by atoms with Crippen LogP contribution in [-0.2, 0) is 16.6 Å². The highest BCUT2D eigenvalue weighted by Crippen LogP contribution is 2.27. The van der Waals surface area contributed by atoms with E-state index in [1.54, 1.807) is 31.4 Å². The zero-order valence-electron chi connectivity index (χ0n) is 16.5. The number of nitrogens with zero attached hydrogens (tertiary/aromatic N) is 1. The van der Waals surface area contributed by atoms with Gasteiger partial charge in [0, 0.05) is 19.2 Å². The predicted octanol–water partition coefficient (Wildman–Crippen LogP) is 4.10. The maximum absolute atomic E-state index is 12.8. The Morgan fingerprint density at radius 3 is 2.37 bits per heavy atom. The number of sulfonamides is 1. The van der Waals surface area contributed by atoms with Gasteiger partial charge in [0.25, 0.3) is 15.9 Å². The van der Waals surface area contributed by atoms with Crippen molar-refractivity contribution >= 4 is 33.2 Å². The average Bonchev–Trinajstić information content (AvgIpc) is 2.77. The van der Waals surface area contributed by atoms with Crippen molar-refractivity contribution in [2.75, 3.05) is 18.5 Å². The molecule has 1 amide bonds. The number of carbonyl (C=O) groups is 1. The molecule has 0 spiro atoms. The Hall–Kier alpha value is -3.03. The predicted molar refractivity (Wildman–Crippen MR) is 118 cm³/mol. The molecule has 0 bridgehead atoms. The molecule has 3 aromatic rings. The van der Waals surface area contributed by atoms with E-state index in [1.165, 1.54) is 31.3 Å². The van der Waals surface area contributed by atoms with Crippen LogP contribution < -0.4 is 14.4 Å². The number of benzene rings is 3. The van der Waals surface area contributed by atoms with Crippen LogP contribution in [0.1, 0.15) is 15.9 Å². The minimum Gasteiger partial charge on any atom is -0.496 e. The quantitative estimate of drug-likeness (QED) is 0.595. The van der Waals surface area contributed by atoms with E-state index < -0.39 is 10.0 Å². The number of nitrogens with one attached hydrogen (secondary N) is 1. The summed E-state index contributed by atoms with van der Waals surface area (Å²) in [7, 11) is -0.730. The van der Waals surface area contributed by atoms with Crippen LogP contribution in [0.5, 0.6) is 5.75 Å². The third-order valence-corrected chi connectivity index (χ3v) is 6.71. The normalized spacial score (nSPS) is 11.0. The number of ether oxygens (including phenoxy) is 1. The van der Waals surface area contributed by atoms with Gasteiger partial charge in [0.2, 0.25) is 0 Å². The van der Waals surface area contributed by atoms with E-state index in [0.717, 1.165) is 9.87 Å². The lowest BCUT2D eigenvalue weighted by Crippen LogP contribution is -2.27. The van der Waals surface area contributed by atoms with Gasteiger partial charge in [0.05, 0.1) is 28.3 Å². The first kappa shape index (κ1) is 21.7. The van der Waals surface area contributed by atoms with Crippen molar-refractivity contribution in [1.29, 1.82) is 0 Å². The Labute approximate surface area is 181 Å². The van der Waals surface area contributed by atoms with Gasteiger partial charge in [-0.3, -0.25) is 9.10 Å². The van der Waals surface area contributed by atoms with Crippen LogP contribution in [-0.4, -0.2) is 28.5 Å². The van der Waals surface area contributed by atoms with Crippen molar-refractivity contribution in [2.45, 2.75) is 11.4 Å². The zero-order chi connectivity index (χ0) is 21.7. The van der Waals surface area contributed by atoms with Gasteiger partial charge in [-0.25, -0.2) is 8.42 Å². The average molecular weight is 445 g/mol. The number of methoxy groups -OCH3 is 1. The number of rotatable bonds is 7. The number of para-hydroxylation sites is 1. The number of hydrogen-bond acceptors (Lipinski definition) is 4. The standard InChI is InChI=1S/C22H21ClN2O4S/c1-25(30(27,28)18-9-4-3-5-10-18)17-12-13-19(20(23)14-17)22(26)24-15-16-8-6-7-11-21(16)29-2/h3-14H,15H2,1-2H3,(H,24,26). The summed E-state index contributed by atoms with van der Waals surface area (Å²) >= 11 is 6.30. The molecule has 6 nitrogen and oxygen atoms in total. The van der Waals surface area contributed by atoms with E-state index in [1.807, 2.05) is 24.3 Å². The van der Waals surface area contributed by atoms with Crippen LogP contribution in [0.3, 0.4) is 0 Å². The fourth-order valence-corrected chi connectivity index (χ4v) is 4.36. The van der Waals surface area contributed by atoms with E-state index in [-0.39, 0.29) is 27.9 Å². The molecule has 0 heterocycles. The van der Waals surface area contributed by atoms with Gasteiger partial charge in [-0.15, -0.1) is 0 Å². The molecule has 156 valence electrons. The number of hydrogen-bond donors (Lipinski definition) is 1. The molecule has 0 radical (unpaired) electrons. The second-order valence-electron chi connectivity index (χ2n) is 6.44. The van der Waals surface area contributed by atoms with Crippen molar-refractivity contribution in [1.82, 2.24) is 5.32 Å². The molecular weight excluding hydrogens is 424 g/mol. The highest BCUT2D eigenvalue weighted by Gasteiger charge is 2.22. The molecule has 0 fully saturated rings. The molecule has 30 heavy (non-hydrogen) atoms. The summed E-state index contributed by atoms with van der Waals surface area (Å²) in [6, 6.07) is 20.0. The highest BCUT2D eigenvalue weighted by atomic mass is 35.5. The van der Waals surface area contributed by atoms with Gasteiger partial charge in [0.1, 0.15) is 5.75 Å². The molecule has 0 aliphatic carbocycles. The van der Waals surface area contributed by atoms with Crippen LogP contribution in [0.25, 0.3) is 0 Å². The number of anilines is 1. The van der Waals surface area contributed by atoms with E-state index in [4.69, 9.17) is 16.3 Å². The van der Waals surface area contributed by atoms with Crippen molar-refractivity contribution in [2.24, 2.45) is 0 Å². The first-order valence-electron chi connectivity index (χ1n) is 9.08. The molecule has 3 rings (SSSR count). The van der Waals surface area contributed by atoms with Gasteiger partial charge in [-0.1, -0.05) is 48.0 Å². The fraction of sp³-hybridized carbons (Fsp3) is 0.136. The summed E-state index contributed by atoms with van der Waals surface area (Å²) < 4.78 is 32.0. The third-order valence-electron chi connectivity index (χ3n) is 4.59. The summed E-state index contributed by atoms with van der Waals surface area (Å²) in [6.07, 6.45) is 0. The molecule has 3 aromatic carbocycles. The highest BCUT2D eigenvalue weighted by molar-refractivity contribution is 7.92. The molecule has 0 aliphatic heterocycles. The molecule has 0 unspecified atom stereocenters. The molecule has 1 N–H and O–H groups in total. The molecule has 0 saturated heterocycles. The smallest absolute Gasteiger partial charge is 0.264 e. The summed E-state index contributed by atoms with van der Waals surface area (Å²) in [4.78, 5) is 12.7. The zero-order valence-corrected chi connectivity index (χ0v) is 18.1. The topological polar surface area (TPSA) is 75.7 Å². The second kappa shape index (κ2) is 9.19. The largest absolute Gasteiger partial charge is 0.496 e. The summed E-state index contributed by atoms with van der Waals surface area (Å²) in [5.74, 6) is 0.304. The van der Waals surface area contributed by atoms with Gasteiger partial charge in [-0.2, -0.15) is 0 Å². The van der Waals surface area contributed by atoms with Crippen molar-refractivity contribution in [3.8, 4) is 5.75 Å². The summed E-state index contributed by atoms with van der Waals surface area (Å²) in [6.45, 7) is 0.267. The Morgan fingerprint density at radius 1 is 1.03 bits per heavy atom. The lowest BCUT2D eigenvalue weighted by Gasteiger charge is -2.20. The number of amides is 1. The SMILES string of the molecule is COc1ccccc1CNC(=O)c1ccc(N(C)S(=O)(=O)c2ccccc2)cc1Cl. The van der Waals surface area contributed by atoms with Gasteiger partial charge < -0.3 is 10.1 Å². The first-order valence-corrected chi connectivity index (χ1v) is 10.9. The molecule has 0 saturated carbocycles. The van der Waals surface area contributed by atoms with Crippen LogP contribution in [0, 0.1) is 0 Å². The van der Waals surface area contributed by atoms with Crippen LogP contribution >= 0.6 is 11.6 Å². The van der Waals surface area contributed by atoms with Crippen molar-refractivity contribution in [3.05, 3.63) is 88.9 Å². The van der Waals surface area contributed by atoms with E-state index in [0.29, 0.717) is 11.4 Å². The van der Waals surface area contributed by atoms with Crippen LogP contribution in [0.4, 0.5) is 5.69 Å². The van der Waals surface area contributed by atoms with Crippen LogP contribution in [0.15, 0.2) is 77.7 Å².